The monoisotopic (exact) mass is 372 g/mol. The molecule has 0 unspecified atom stereocenters. The molecule has 0 saturated heterocycles. The van der Waals surface area contributed by atoms with Crippen LogP contribution in [0.3, 0.4) is 0 Å². The number of hydrogen-bond acceptors (Lipinski definition) is 4. The van der Waals surface area contributed by atoms with E-state index in [-0.39, 0.29) is 5.91 Å². The minimum Gasteiger partial charge on any atom is -0.497 e. The predicted molar refractivity (Wildman–Crippen MR) is 110 cm³/mol. The standard InChI is InChI=1S/C21H28N2O2S/c1-5-23(16-17-6-8-18(9-7-17)22(2)3)21(24)14-15-26-20-12-10-19(25-4)11-13-20/h6-13H,5,14-16H2,1-4H3. The van der Waals surface area contributed by atoms with Gasteiger partial charge in [-0.25, -0.2) is 0 Å². The lowest BCUT2D eigenvalue weighted by atomic mass is 10.2. The van der Waals surface area contributed by atoms with Gasteiger partial charge in [-0.3, -0.25) is 4.79 Å². The number of amides is 1. The number of rotatable bonds is 9. The van der Waals surface area contributed by atoms with E-state index in [0.29, 0.717) is 13.0 Å². The van der Waals surface area contributed by atoms with Gasteiger partial charge in [0.15, 0.2) is 0 Å². The van der Waals surface area contributed by atoms with Gasteiger partial charge in [-0.05, 0) is 48.9 Å². The van der Waals surface area contributed by atoms with Crippen molar-refractivity contribution < 1.29 is 9.53 Å². The number of carbonyl (C=O) groups excluding carboxylic acids is 1. The molecule has 4 nitrogen and oxygen atoms in total. The van der Waals surface area contributed by atoms with E-state index < -0.39 is 0 Å². The molecule has 0 aliphatic carbocycles. The Bertz CT molecular complexity index is 684. The molecule has 0 aliphatic heterocycles. The third kappa shape index (κ3) is 5.99. The normalized spacial score (nSPS) is 10.5. The molecule has 5 heteroatoms. The van der Waals surface area contributed by atoms with E-state index in [1.165, 1.54) is 5.69 Å². The summed E-state index contributed by atoms with van der Waals surface area (Å²) in [6, 6.07) is 16.3. The summed E-state index contributed by atoms with van der Waals surface area (Å²) >= 11 is 1.70. The largest absolute Gasteiger partial charge is 0.497 e. The maximum Gasteiger partial charge on any atom is 0.223 e. The van der Waals surface area contributed by atoms with E-state index >= 15 is 0 Å². The minimum absolute atomic E-state index is 0.199. The van der Waals surface area contributed by atoms with Gasteiger partial charge in [-0.2, -0.15) is 0 Å². The van der Waals surface area contributed by atoms with Gasteiger partial charge in [0.25, 0.3) is 0 Å². The minimum atomic E-state index is 0.199. The van der Waals surface area contributed by atoms with Crippen LogP contribution in [0.15, 0.2) is 53.4 Å². The molecule has 0 spiro atoms. The van der Waals surface area contributed by atoms with Gasteiger partial charge < -0.3 is 14.5 Å². The van der Waals surface area contributed by atoms with Crippen LogP contribution >= 0.6 is 11.8 Å². The van der Waals surface area contributed by atoms with Crippen molar-refractivity contribution in [3.05, 3.63) is 54.1 Å². The summed E-state index contributed by atoms with van der Waals surface area (Å²) in [5.74, 6) is 1.83. The summed E-state index contributed by atoms with van der Waals surface area (Å²) in [6.45, 7) is 3.42. The molecule has 140 valence electrons. The topological polar surface area (TPSA) is 32.8 Å². The second kappa shape index (κ2) is 10.1. The van der Waals surface area contributed by atoms with E-state index in [0.717, 1.165) is 28.5 Å². The zero-order chi connectivity index (χ0) is 18.9. The number of hydrogen-bond donors (Lipinski definition) is 0. The highest BCUT2D eigenvalue weighted by Crippen LogP contribution is 2.22. The zero-order valence-corrected chi connectivity index (χ0v) is 16.9. The molecule has 0 saturated carbocycles. The van der Waals surface area contributed by atoms with Gasteiger partial charge in [0.05, 0.1) is 7.11 Å². The molecule has 0 heterocycles. The molecular weight excluding hydrogens is 344 g/mol. The molecular formula is C21H28N2O2S. The van der Waals surface area contributed by atoms with Gasteiger partial charge in [0.1, 0.15) is 5.75 Å². The lowest BCUT2D eigenvalue weighted by Crippen LogP contribution is -2.30. The first kappa shape index (κ1) is 20.2. The third-order valence-corrected chi connectivity index (χ3v) is 5.22. The first-order valence-corrected chi connectivity index (χ1v) is 9.83. The fraction of sp³-hybridized carbons (Fsp3) is 0.381. The van der Waals surface area contributed by atoms with Crippen LogP contribution in [0.25, 0.3) is 0 Å². The molecule has 2 rings (SSSR count). The average Bonchev–Trinajstić information content (AvgIpc) is 2.66. The zero-order valence-electron chi connectivity index (χ0n) is 16.1. The number of anilines is 1. The van der Waals surface area contributed by atoms with Crippen molar-refractivity contribution in [3.8, 4) is 5.75 Å². The van der Waals surface area contributed by atoms with E-state index in [4.69, 9.17) is 4.74 Å². The summed E-state index contributed by atoms with van der Waals surface area (Å²) in [5.41, 5.74) is 2.33. The molecule has 1 amide bonds. The maximum atomic E-state index is 12.5. The quantitative estimate of drug-likeness (QED) is 0.615. The van der Waals surface area contributed by atoms with Gasteiger partial charge in [-0.15, -0.1) is 11.8 Å². The smallest absolute Gasteiger partial charge is 0.223 e. The van der Waals surface area contributed by atoms with Crippen LogP contribution in [0.5, 0.6) is 5.75 Å². The summed E-state index contributed by atoms with van der Waals surface area (Å²) in [4.78, 5) is 17.7. The van der Waals surface area contributed by atoms with Crippen molar-refractivity contribution in [2.45, 2.75) is 24.8 Å². The van der Waals surface area contributed by atoms with Crippen LogP contribution in [0.1, 0.15) is 18.9 Å². The molecule has 0 N–H and O–H groups in total. The lowest BCUT2D eigenvalue weighted by Gasteiger charge is -2.21. The predicted octanol–water partition coefficient (Wildman–Crippen LogP) is 4.29. The van der Waals surface area contributed by atoms with Crippen LogP contribution in [-0.2, 0) is 11.3 Å². The van der Waals surface area contributed by atoms with Crippen molar-refractivity contribution in [1.29, 1.82) is 0 Å². The van der Waals surface area contributed by atoms with Crippen LogP contribution < -0.4 is 9.64 Å². The lowest BCUT2D eigenvalue weighted by molar-refractivity contribution is -0.131. The van der Waals surface area contributed by atoms with E-state index in [2.05, 4.69) is 29.2 Å². The van der Waals surface area contributed by atoms with E-state index in [9.17, 15) is 4.79 Å². The Kier molecular flexibility index (Phi) is 7.85. The number of benzene rings is 2. The molecule has 0 aromatic heterocycles. The second-order valence-corrected chi connectivity index (χ2v) is 7.41. The number of methoxy groups -OCH3 is 1. The highest BCUT2D eigenvalue weighted by molar-refractivity contribution is 7.99. The molecule has 2 aromatic rings. The van der Waals surface area contributed by atoms with Crippen LogP contribution in [0, 0.1) is 0 Å². The van der Waals surface area contributed by atoms with Gasteiger partial charge >= 0.3 is 0 Å². The van der Waals surface area contributed by atoms with Crippen LogP contribution in [0.4, 0.5) is 5.69 Å². The Morgan fingerprint density at radius 2 is 1.69 bits per heavy atom. The summed E-state index contributed by atoms with van der Waals surface area (Å²) < 4.78 is 5.16. The Morgan fingerprint density at radius 3 is 2.23 bits per heavy atom. The second-order valence-electron chi connectivity index (χ2n) is 6.24. The molecule has 0 bridgehead atoms. The molecule has 0 aliphatic rings. The highest BCUT2D eigenvalue weighted by atomic mass is 32.2. The number of ether oxygens (including phenoxy) is 1. The van der Waals surface area contributed by atoms with Crippen molar-refractivity contribution in [3.63, 3.8) is 0 Å². The van der Waals surface area contributed by atoms with Crippen LogP contribution in [-0.4, -0.2) is 44.3 Å². The third-order valence-electron chi connectivity index (χ3n) is 4.20. The number of thioether (sulfide) groups is 1. The van der Waals surface area contributed by atoms with Crippen LogP contribution in [0.2, 0.25) is 0 Å². The fourth-order valence-electron chi connectivity index (χ4n) is 2.58. The Balaban J connectivity index is 1.83. The Labute approximate surface area is 161 Å². The molecule has 0 atom stereocenters. The number of nitrogens with zero attached hydrogens (tertiary/aromatic N) is 2. The summed E-state index contributed by atoms with van der Waals surface area (Å²) in [6.07, 6.45) is 0.542. The highest BCUT2D eigenvalue weighted by Gasteiger charge is 2.12. The van der Waals surface area contributed by atoms with Crippen molar-refractivity contribution >= 4 is 23.4 Å². The van der Waals surface area contributed by atoms with Crippen molar-refractivity contribution in [2.24, 2.45) is 0 Å². The van der Waals surface area contributed by atoms with Gasteiger partial charge in [0.2, 0.25) is 5.91 Å². The molecule has 0 radical (unpaired) electrons. The average molecular weight is 373 g/mol. The first-order chi connectivity index (χ1) is 12.5. The van der Waals surface area contributed by atoms with Crippen molar-refractivity contribution in [2.75, 3.05) is 38.4 Å². The molecule has 26 heavy (non-hydrogen) atoms. The van der Waals surface area contributed by atoms with E-state index in [1.54, 1.807) is 18.9 Å². The Hall–Kier alpha value is -2.14. The first-order valence-electron chi connectivity index (χ1n) is 8.84. The van der Waals surface area contributed by atoms with Gasteiger partial charge in [0, 0.05) is 49.9 Å². The molecule has 0 fully saturated rings. The summed E-state index contributed by atoms with van der Waals surface area (Å²) in [5, 5.41) is 0. The van der Waals surface area contributed by atoms with E-state index in [1.807, 2.05) is 50.2 Å². The maximum absolute atomic E-state index is 12.5. The summed E-state index contributed by atoms with van der Waals surface area (Å²) in [7, 11) is 5.71. The van der Waals surface area contributed by atoms with Crippen molar-refractivity contribution in [1.82, 2.24) is 4.90 Å². The molecule has 2 aromatic carbocycles. The Morgan fingerprint density at radius 1 is 1.04 bits per heavy atom. The SMILES string of the molecule is CCN(Cc1ccc(N(C)C)cc1)C(=O)CCSc1ccc(OC)cc1. The number of carbonyl (C=O) groups is 1. The fourth-order valence-corrected chi connectivity index (χ4v) is 3.42. The van der Waals surface area contributed by atoms with Gasteiger partial charge in [-0.1, -0.05) is 12.1 Å².